The summed E-state index contributed by atoms with van der Waals surface area (Å²) in [6.07, 6.45) is 0.906. The summed E-state index contributed by atoms with van der Waals surface area (Å²) < 4.78 is 14.6. The predicted molar refractivity (Wildman–Crippen MR) is 78.1 cm³/mol. The van der Waals surface area contributed by atoms with Crippen molar-refractivity contribution in [2.45, 2.75) is 13.0 Å². The summed E-state index contributed by atoms with van der Waals surface area (Å²) in [4.78, 5) is 14.8. The third-order valence-electron chi connectivity index (χ3n) is 3.44. The van der Waals surface area contributed by atoms with Gasteiger partial charge in [0.2, 0.25) is 0 Å². The number of carbonyl (C=O) groups is 1. The third-order valence-corrected chi connectivity index (χ3v) is 3.93. The Morgan fingerprint density at radius 3 is 2.70 bits per heavy atom. The molecule has 1 saturated heterocycles. The summed E-state index contributed by atoms with van der Waals surface area (Å²) >= 11 is 3.35. The molecule has 1 aromatic rings. The van der Waals surface area contributed by atoms with Crippen molar-refractivity contribution in [2.75, 3.05) is 32.7 Å². The van der Waals surface area contributed by atoms with Gasteiger partial charge in [0, 0.05) is 36.2 Å². The zero-order chi connectivity index (χ0) is 14.5. The van der Waals surface area contributed by atoms with Crippen LogP contribution in [-0.2, 0) is 11.3 Å². The smallest absolute Gasteiger partial charge is 0.317 e. The van der Waals surface area contributed by atoms with E-state index in [9.17, 15) is 9.18 Å². The number of hydrogen-bond acceptors (Lipinski definition) is 3. The minimum absolute atomic E-state index is 0.0824. The number of benzene rings is 1. The summed E-state index contributed by atoms with van der Waals surface area (Å²) in [6, 6.07) is 4.96. The Bertz CT molecular complexity index is 484. The predicted octanol–water partition coefficient (Wildman–Crippen LogP) is 2.18. The number of carboxylic acids is 1. The van der Waals surface area contributed by atoms with Crippen molar-refractivity contribution in [3.05, 3.63) is 34.1 Å². The minimum Gasteiger partial charge on any atom is -0.480 e. The Balaban J connectivity index is 1.94. The van der Waals surface area contributed by atoms with Crippen molar-refractivity contribution < 1.29 is 14.3 Å². The largest absolute Gasteiger partial charge is 0.480 e. The Labute approximate surface area is 126 Å². The molecular formula is C14H18BrFN2O2. The lowest BCUT2D eigenvalue weighted by atomic mass is 10.2. The fraction of sp³-hybridized carbons (Fsp3) is 0.500. The van der Waals surface area contributed by atoms with Gasteiger partial charge in [-0.2, -0.15) is 0 Å². The summed E-state index contributed by atoms with van der Waals surface area (Å²) in [5.74, 6) is -0.990. The van der Waals surface area contributed by atoms with Gasteiger partial charge in [-0.15, -0.1) is 0 Å². The zero-order valence-corrected chi connectivity index (χ0v) is 12.8. The van der Waals surface area contributed by atoms with Crippen molar-refractivity contribution in [3.63, 3.8) is 0 Å². The molecule has 20 heavy (non-hydrogen) atoms. The van der Waals surface area contributed by atoms with Crippen molar-refractivity contribution in [2.24, 2.45) is 0 Å². The van der Waals surface area contributed by atoms with E-state index < -0.39 is 5.97 Å². The molecule has 1 aliphatic heterocycles. The highest BCUT2D eigenvalue weighted by Gasteiger charge is 2.17. The molecule has 0 spiro atoms. The van der Waals surface area contributed by atoms with Gasteiger partial charge in [-0.05, 0) is 31.2 Å². The minimum atomic E-state index is -0.795. The molecule has 2 rings (SSSR count). The maximum atomic E-state index is 13.7. The highest BCUT2D eigenvalue weighted by molar-refractivity contribution is 9.10. The first-order valence-electron chi connectivity index (χ1n) is 6.65. The maximum Gasteiger partial charge on any atom is 0.317 e. The molecule has 0 saturated carbocycles. The van der Waals surface area contributed by atoms with Gasteiger partial charge >= 0.3 is 5.97 Å². The van der Waals surface area contributed by atoms with Crippen LogP contribution in [-0.4, -0.2) is 53.6 Å². The van der Waals surface area contributed by atoms with Gasteiger partial charge in [-0.25, -0.2) is 4.39 Å². The fourth-order valence-electron chi connectivity index (χ4n) is 2.44. The second-order valence-corrected chi connectivity index (χ2v) is 5.95. The summed E-state index contributed by atoms with van der Waals surface area (Å²) in [6.45, 7) is 3.76. The Hall–Kier alpha value is -0.980. The van der Waals surface area contributed by atoms with E-state index in [1.165, 1.54) is 6.07 Å². The van der Waals surface area contributed by atoms with Crippen molar-refractivity contribution >= 4 is 21.9 Å². The molecule has 0 bridgehead atoms. The van der Waals surface area contributed by atoms with E-state index in [0.29, 0.717) is 18.7 Å². The van der Waals surface area contributed by atoms with Gasteiger partial charge in [0.15, 0.2) is 0 Å². The highest BCUT2D eigenvalue weighted by Crippen LogP contribution is 2.18. The van der Waals surface area contributed by atoms with Gasteiger partial charge in [0.05, 0.1) is 6.54 Å². The zero-order valence-electron chi connectivity index (χ0n) is 11.2. The molecule has 4 nitrogen and oxygen atoms in total. The molecule has 0 aliphatic carbocycles. The molecule has 0 atom stereocenters. The van der Waals surface area contributed by atoms with Gasteiger partial charge in [-0.1, -0.05) is 15.9 Å². The van der Waals surface area contributed by atoms with Crippen molar-refractivity contribution in [1.29, 1.82) is 0 Å². The Morgan fingerprint density at radius 1 is 1.25 bits per heavy atom. The number of carboxylic acid groups (broad SMARTS) is 1. The normalized spacial score (nSPS) is 17.9. The summed E-state index contributed by atoms with van der Waals surface area (Å²) in [7, 11) is 0. The van der Waals surface area contributed by atoms with Crippen LogP contribution < -0.4 is 0 Å². The van der Waals surface area contributed by atoms with Gasteiger partial charge in [-0.3, -0.25) is 14.6 Å². The first kappa shape index (κ1) is 15.4. The van der Waals surface area contributed by atoms with E-state index in [0.717, 1.165) is 30.5 Å². The fourth-order valence-corrected chi connectivity index (χ4v) is 2.85. The lowest BCUT2D eigenvalue weighted by Gasteiger charge is -2.21. The van der Waals surface area contributed by atoms with Crippen LogP contribution in [0.15, 0.2) is 22.7 Å². The van der Waals surface area contributed by atoms with Gasteiger partial charge in [0.25, 0.3) is 0 Å². The average Bonchev–Trinajstić information content (AvgIpc) is 2.59. The standard InChI is InChI=1S/C14H18BrFN2O2/c15-12-2-3-13(16)11(8-12)9-17-4-1-5-18(7-6-17)10-14(19)20/h2-3,8H,1,4-7,9-10H2,(H,19,20). The second-order valence-electron chi connectivity index (χ2n) is 5.04. The molecule has 1 aromatic carbocycles. The van der Waals surface area contributed by atoms with Crippen LogP contribution in [0.1, 0.15) is 12.0 Å². The average molecular weight is 345 g/mol. The van der Waals surface area contributed by atoms with Gasteiger partial charge in [0.1, 0.15) is 5.82 Å². The van der Waals surface area contributed by atoms with E-state index in [2.05, 4.69) is 20.8 Å². The molecule has 1 fully saturated rings. The molecule has 110 valence electrons. The molecule has 0 radical (unpaired) electrons. The van der Waals surface area contributed by atoms with Crippen LogP contribution in [0.3, 0.4) is 0 Å². The molecule has 0 unspecified atom stereocenters. The van der Waals surface area contributed by atoms with Crippen LogP contribution in [0, 0.1) is 5.82 Å². The topological polar surface area (TPSA) is 43.8 Å². The Kier molecular flexibility index (Phi) is 5.51. The van der Waals surface area contributed by atoms with E-state index in [-0.39, 0.29) is 12.4 Å². The highest BCUT2D eigenvalue weighted by atomic mass is 79.9. The molecule has 1 heterocycles. The van der Waals surface area contributed by atoms with Crippen LogP contribution >= 0.6 is 15.9 Å². The van der Waals surface area contributed by atoms with Crippen LogP contribution in [0.4, 0.5) is 4.39 Å². The first-order chi connectivity index (χ1) is 9.54. The van der Waals surface area contributed by atoms with Gasteiger partial charge < -0.3 is 5.11 Å². The third kappa shape index (κ3) is 4.54. The van der Waals surface area contributed by atoms with Crippen molar-refractivity contribution in [1.82, 2.24) is 9.80 Å². The first-order valence-corrected chi connectivity index (χ1v) is 7.44. The van der Waals surface area contributed by atoms with E-state index in [1.807, 2.05) is 4.90 Å². The van der Waals surface area contributed by atoms with Crippen LogP contribution in [0.25, 0.3) is 0 Å². The quantitative estimate of drug-likeness (QED) is 0.909. The number of nitrogens with zero attached hydrogens (tertiary/aromatic N) is 2. The lowest BCUT2D eigenvalue weighted by molar-refractivity contribution is -0.138. The molecule has 0 aromatic heterocycles. The van der Waals surface area contributed by atoms with E-state index in [1.54, 1.807) is 12.1 Å². The summed E-state index contributed by atoms with van der Waals surface area (Å²) in [5, 5.41) is 8.82. The van der Waals surface area contributed by atoms with Crippen LogP contribution in [0.5, 0.6) is 0 Å². The second kappa shape index (κ2) is 7.15. The Morgan fingerprint density at radius 2 is 1.95 bits per heavy atom. The molecule has 0 amide bonds. The molecule has 1 N–H and O–H groups in total. The number of hydrogen-bond donors (Lipinski definition) is 1. The van der Waals surface area contributed by atoms with E-state index in [4.69, 9.17) is 5.11 Å². The number of rotatable bonds is 4. The SMILES string of the molecule is O=C(O)CN1CCCN(Cc2cc(Br)ccc2F)CC1. The molecular weight excluding hydrogens is 327 g/mol. The van der Waals surface area contributed by atoms with Crippen LogP contribution in [0.2, 0.25) is 0 Å². The maximum absolute atomic E-state index is 13.7. The summed E-state index contributed by atoms with van der Waals surface area (Å²) in [5.41, 5.74) is 0.672. The van der Waals surface area contributed by atoms with Crippen molar-refractivity contribution in [3.8, 4) is 0 Å². The van der Waals surface area contributed by atoms with E-state index >= 15 is 0 Å². The number of halogens is 2. The lowest BCUT2D eigenvalue weighted by Crippen LogP contribution is -2.34. The monoisotopic (exact) mass is 344 g/mol. The molecule has 1 aliphatic rings. The number of aliphatic carboxylic acids is 1. The molecule has 6 heteroatoms.